The summed E-state index contributed by atoms with van der Waals surface area (Å²) in [6, 6.07) is 0. The Hall–Kier alpha value is 0.247. The van der Waals surface area contributed by atoms with Gasteiger partial charge in [0.25, 0.3) is 0 Å². The number of nitrogens with zero attached hydrogens (tertiary/aromatic N) is 5. The molecule has 7 nitrogen and oxygen atoms in total. The fourth-order valence-electron chi connectivity index (χ4n) is 5.56. The van der Waals surface area contributed by atoms with Crippen molar-refractivity contribution < 1.29 is 9.84 Å². The number of piperidine rings is 1. The van der Waals surface area contributed by atoms with Gasteiger partial charge in [-0.1, -0.05) is 0 Å². The molecule has 2 aromatic heterocycles. The van der Waals surface area contributed by atoms with Gasteiger partial charge in [0, 0.05) is 0 Å². The second-order valence-electron chi connectivity index (χ2n) is 12.0. The van der Waals surface area contributed by atoms with Gasteiger partial charge >= 0.3 is 270 Å². The van der Waals surface area contributed by atoms with E-state index in [0.717, 1.165) is 83.8 Å². The number of unbranched alkanes of at least 4 members (excludes halogenated alkanes) is 3. The molecule has 0 amide bonds. The van der Waals surface area contributed by atoms with Crippen LogP contribution in [0.3, 0.4) is 0 Å². The fraction of sp³-hybridized carbons (Fsp3) is 0.833. The minimum atomic E-state index is -0.839. The number of likely N-dealkylation sites (tertiary alicyclic amines) is 1. The van der Waals surface area contributed by atoms with E-state index in [1.807, 2.05) is 13.8 Å². The van der Waals surface area contributed by atoms with Gasteiger partial charge in [0.15, 0.2) is 0 Å². The molecule has 4 rings (SSSR count). The van der Waals surface area contributed by atoms with Crippen LogP contribution in [0.5, 0.6) is 0 Å². The number of morpholine rings is 1. The second-order valence-corrected chi connectivity index (χ2v) is 22.9. The van der Waals surface area contributed by atoms with Gasteiger partial charge < -0.3 is 0 Å². The first-order valence-electron chi connectivity index (χ1n) is 15.7. The van der Waals surface area contributed by atoms with Crippen LogP contribution in [0.25, 0.3) is 10.3 Å². The first-order valence-corrected chi connectivity index (χ1v) is 24.0. The summed E-state index contributed by atoms with van der Waals surface area (Å²) in [4.78, 5) is 20.0. The van der Waals surface area contributed by atoms with Gasteiger partial charge in [0.1, 0.15) is 0 Å². The standard InChI is InChI=1S/C18H26N5O2S.3C4H9.2Sn/c1-18(2,24)13-3-5-22(6-4-13)11-14-21-15-16(19-12-20-17(15)26-14)23-7-9-25-10-8-23;3*1-3-4-2;;/h13,24H,3-11H2,1-2H3;3*1,3-4H2,2H3;;. The SMILES string of the molecule is CC(C)(O)C1CCN(Cc2nc3c(N4CCOCC4)n[c]([Sn])nc3s2)CC1.CCC[CH2][Sn]([CH2]CCC)[CH2]CCC. The zero-order valence-electron chi connectivity index (χ0n) is 25.8. The summed E-state index contributed by atoms with van der Waals surface area (Å²) >= 11 is 2.08. The number of anilines is 1. The van der Waals surface area contributed by atoms with Crippen LogP contribution < -0.4 is 8.74 Å². The molecular weight excluding hydrogens is 732 g/mol. The molecule has 2 aromatic rings. The van der Waals surface area contributed by atoms with Gasteiger partial charge in [0.2, 0.25) is 0 Å². The van der Waals surface area contributed by atoms with E-state index in [-0.39, 0.29) is 0 Å². The fourth-order valence-corrected chi connectivity index (χ4v) is 16.8. The number of aliphatic hydroxyl groups is 1. The second kappa shape index (κ2) is 18.1. The summed E-state index contributed by atoms with van der Waals surface area (Å²) < 4.78 is 11.4. The number of fused-ring (bicyclic) bond motifs is 1. The molecule has 224 valence electrons. The summed E-state index contributed by atoms with van der Waals surface area (Å²) in [5.41, 5.74) is 0.361. The monoisotopic (exact) mass is 787 g/mol. The van der Waals surface area contributed by atoms with Crippen LogP contribution in [-0.4, -0.2) is 112 Å². The number of thiazole rings is 1. The molecule has 0 unspecified atom stereocenters. The van der Waals surface area contributed by atoms with Crippen molar-refractivity contribution in [2.75, 3.05) is 44.3 Å². The van der Waals surface area contributed by atoms with E-state index in [4.69, 9.17) is 14.7 Å². The van der Waals surface area contributed by atoms with E-state index in [2.05, 4.69) is 35.6 Å². The number of hydrogen-bond acceptors (Lipinski definition) is 8. The van der Waals surface area contributed by atoms with Crippen molar-refractivity contribution in [3.8, 4) is 0 Å². The van der Waals surface area contributed by atoms with Gasteiger partial charge in [-0.25, -0.2) is 0 Å². The Bertz CT molecular complexity index is 969. The summed E-state index contributed by atoms with van der Waals surface area (Å²) in [5.74, 6) is 1.35. The molecule has 4 radical (unpaired) electrons. The molecule has 1 N–H and O–H groups in total. The quantitative estimate of drug-likeness (QED) is 0.266. The number of rotatable bonds is 13. The van der Waals surface area contributed by atoms with Crippen molar-refractivity contribution in [1.82, 2.24) is 19.9 Å². The molecule has 0 saturated carbocycles. The topological polar surface area (TPSA) is 74.6 Å². The molecule has 2 aliphatic heterocycles. The molecule has 2 fully saturated rings. The zero-order valence-corrected chi connectivity index (χ0v) is 32.3. The average Bonchev–Trinajstić information content (AvgIpc) is 3.34. The molecule has 2 aliphatic rings. The molecule has 0 spiro atoms. The Kier molecular flexibility index (Phi) is 15.8. The van der Waals surface area contributed by atoms with Crippen molar-refractivity contribution >= 4 is 73.6 Å². The molecule has 10 heteroatoms. The van der Waals surface area contributed by atoms with Crippen LogP contribution >= 0.6 is 11.3 Å². The van der Waals surface area contributed by atoms with Gasteiger partial charge in [-0.05, 0) is 0 Å². The first kappa shape index (κ1) is 34.7. The Morgan fingerprint density at radius 3 is 2.02 bits per heavy atom. The van der Waals surface area contributed by atoms with Crippen LogP contribution in [0.4, 0.5) is 5.82 Å². The van der Waals surface area contributed by atoms with E-state index < -0.39 is 25.4 Å². The molecule has 2 saturated heterocycles. The summed E-state index contributed by atoms with van der Waals surface area (Å²) in [5, 5.41) is 11.3. The Balaban J connectivity index is 0.000000289. The number of aromatic nitrogens is 3. The van der Waals surface area contributed by atoms with E-state index in [1.54, 1.807) is 24.6 Å². The van der Waals surface area contributed by atoms with E-state index >= 15 is 0 Å². The minimum absolute atomic E-state index is 0.383. The summed E-state index contributed by atoms with van der Waals surface area (Å²) in [6.45, 7) is 16.9. The maximum atomic E-state index is 10.2. The van der Waals surface area contributed by atoms with Crippen molar-refractivity contribution in [1.29, 1.82) is 0 Å². The summed E-state index contributed by atoms with van der Waals surface area (Å²) in [7, 11) is 0. The van der Waals surface area contributed by atoms with Gasteiger partial charge in [-0.3, -0.25) is 0 Å². The van der Waals surface area contributed by atoms with Crippen molar-refractivity contribution in [2.24, 2.45) is 5.92 Å². The predicted molar refractivity (Wildman–Crippen MR) is 173 cm³/mol. The Morgan fingerprint density at radius 2 is 1.50 bits per heavy atom. The van der Waals surface area contributed by atoms with Crippen molar-refractivity contribution in [2.45, 2.75) is 111 Å². The maximum absolute atomic E-state index is 10.2. The number of hydrogen-bond donors (Lipinski definition) is 1. The molecular formula is C30H53N5O2SSn2. The molecule has 0 atom stereocenters. The number of ether oxygens (including phenoxy) is 1. The normalized spacial score (nSPS) is 17.4. The van der Waals surface area contributed by atoms with E-state index in [9.17, 15) is 5.11 Å². The molecule has 0 bridgehead atoms. The van der Waals surface area contributed by atoms with E-state index in [0.29, 0.717) is 5.92 Å². The van der Waals surface area contributed by atoms with Crippen LogP contribution in [0.15, 0.2) is 0 Å². The Morgan fingerprint density at radius 1 is 0.925 bits per heavy atom. The molecule has 0 aliphatic carbocycles. The molecule has 0 aromatic carbocycles. The average molecular weight is 785 g/mol. The third kappa shape index (κ3) is 11.4. The molecule has 40 heavy (non-hydrogen) atoms. The van der Waals surface area contributed by atoms with Crippen molar-refractivity contribution in [3.63, 3.8) is 0 Å². The Labute approximate surface area is 268 Å². The first-order chi connectivity index (χ1) is 19.2. The van der Waals surface area contributed by atoms with Crippen LogP contribution in [0.2, 0.25) is 13.3 Å². The van der Waals surface area contributed by atoms with Crippen LogP contribution in [0, 0.1) is 5.92 Å². The molecule has 4 heterocycles. The third-order valence-corrected chi connectivity index (χ3v) is 18.8. The van der Waals surface area contributed by atoms with Gasteiger partial charge in [0.05, 0.1) is 0 Å². The van der Waals surface area contributed by atoms with Gasteiger partial charge in [-0.15, -0.1) is 0 Å². The van der Waals surface area contributed by atoms with Crippen molar-refractivity contribution in [3.05, 3.63) is 5.01 Å². The zero-order chi connectivity index (χ0) is 29.0. The van der Waals surface area contributed by atoms with Crippen LogP contribution in [-0.2, 0) is 11.3 Å². The van der Waals surface area contributed by atoms with Crippen LogP contribution in [0.1, 0.15) is 91.0 Å². The van der Waals surface area contributed by atoms with E-state index in [1.165, 1.54) is 61.0 Å². The van der Waals surface area contributed by atoms with Gasteiger partial charge in [-0.2, -0.15) is 0 Å². The summed E-state index contributed by atoms with van der Waals surface area (Å²) in [6.07, 6.45) is 10.9. The third-order valence-electron chi connectivity index (χ3n) is 8.19. The predicted octanol–water partition coefficient (Wildman–Crippen LogP) is 5.58.